The Morgan fingerprint density at radius 2 is 2.38 bits per heavy atom. The van der Waals surface area contributed by atoms with Gasteiger partial charge in [-0.15, -0.1) is 0 Å². The fourth-order valence-corrected chi connectivity index (χ4v) is 0.259. The van der Waals surface area contributed by atoms with Crippen molar-refractivity contribution in [1.29, 1.82) is 0 Å². The summed E-state index contributed by atoms with van der Waals surface area (Å²) in [5.74, 6) is 5.54. The molecule has 0 aliphatic carbocycles. The van der Waals surface area contributed by atoms with Gasteiger partial charge in [-0.2, -0.15) is 0 Å². The van der Waals surface area contributed by atoms with Gasteiger partial charge in [0, 0.05) is 7.11 Å². The topological polar surface area (TPSA) is 9.23 Å². The van der Waals surface area contributed by atoms with Crippen LogP contribution in [0.2, 0.25) is 0 Å². The zero-order valence-electron chi connectivity index (χ0n) is 5.32. The number of allylic oxidation sites excluding steroid dienone is 1. The van der Waals surface area contributed by atoms with Gasteiger partial charge in [-0.25, -0.2) is 0 Å². The molecule has 0 radical (unpaired) electrons. The molecule has 0 unspecified atom stereocenters. The van der Waals surface area contributed by atoms with E-state index in [0.29, 0.717) is 6.61 Å². The van der Waals surface area contributed by atoms with Crippen molar-refractivity contribution in [2.24, 2.45) is 0 Å². The fourth-order valence-electron chi connectivity index (χ4n) is 0.259. The van der Waals surface area contributed by atoms with Gasteiger partial charge >= 0.3 is 0 Å². The quantitative estimate of drug-likeness (QED) is 0.461. The molecule has 0 atom stereocenters. The van der Waals surface area contributed by atoms with E-state index in [9.17, 15) is 0 Å². The molecule has 8 heavy (non-hydrogen) atoms. The molecule has 1 heteroatoms. The summed E-state index contributed by atoms with van der Waals surface area (Å²) in [6.07, 6.45) is 0. The van der Waals surface area contributed by atoms with Crippen LogP contribution in [0.3, 0.4) is 0 Å². The number of methoxy groups -OCH3 is 1. The maximum absolute atomic E-state index is 4.68. The Labute approximate surface area is 50.4 Å². The van der Waals surface area contributed by atoms with Crippen molar-refractivity contribution in [3.63, 3.8) is 0 Å². The van der Waals surface area contributed by atoms with E-state index in [1.807, 2.05) is 6.92 Å². The molecule has 0 heterocycles. The highest BCUT2D eigenvalue weighted by Gasteiger charge is 1.69. The first-order chi connectivity index (χ1) is 3.77. The minimum absolute atomic E-state index is 0.493. The summed E-state index contributed by atoms with van der Waals surface area (Å²) < 4.78 is 4.68. The van der Waals surface area contributed by atoms with Gasteiger partial charge in [0.1, 0.15) is 6.61 Å². The lowest BCUT2D eigenvalue weighted by molar-refractivity contribution is 0.240. The van der Waals surface area contributed by atoms with Crippen molar-refractivity contribution in [2.45, 2.75) is 6.92 Å². The number of hydrogen-bond acceptors (Lipinski definition) is 1. The fraction of sp³-hybridized carbons (Fsp3) is 0.429. The van der Waals surface area contributed by atoms with Crippen LogP contribution in [0.1, 0.15) is 6.92 Å². The molecule has 0 saturated heterocycles. The third kappa shape index (κ3) is 5.26. The van der Waals surface area contributed by atoms with E-state index in [0.717, 1.165) is 5.57 Å². The van der Waals surface area contributed by atoms with E-state index < -0.39 is 0 Å². The Kier molecular flexibility index (Phi) is 4.01. The molecule has 0 amide bonds. The van der Waals surface area contributed by atoms with Crippen LogP contribution in [0.25, 0.3) is 0 Å². The van der Waals surface area contributed by atoms with Crippen LogP contribution >= 0.6 is 0 Å². The average Bonchev–Trinajstić information content (AvgIpc) is 1.66. The van der Waals surface area contributed by atoms with E-state index in [2.05, 4.69) is 23.2 Å². The molecule has 0 aromatic heterocycles. The molecule has 0 saturated carbocycles. The predicted octanol–water partition coefficient (Wildman–Crippen LogP) is 1.21. The second kappa shape index (κ2) is 4.42. The third-order valence-electron chi connectivity index (χ3n) is 0.518. The van der Waals surface area contributed by atoms with Crippen LogP contribution in [-0.2, 0) is 4.74 Å². The van der Waals surface area contributed by atoms with Gasteiger partial charge in [-0.1, -0.05) is 18.4 Å². The van der Waals surface area contributed by atoms with Gasteiger partial charge < -0.3 is 4.74 Å². The molecule has 44 valence electrons. The number of ether oxygens (including phenoxy) is 1. The highest BCUT2D eigenvalue weighted by Crippen LogP contribution is 1.78. The highest BCUT2D eigenvalue weighted by molar-refractivity contribution is 5.22. The van der Waals surface area contributed by atoms with Gasteiger partial charge in [0.15, 0.2) is 0 Å². The minimum Gasteiger partial charge on any atom is -0.372 e. The molecular weight excluding hydrogens is 100 g/mol. The summed E-state index contributed by atoms with van der Waals surface area (Å²) >= 11 is 0. The molecule has 0 N–H and O–H groups in total. The van der Waals surface area contributed by atoms with E-state index in [1.54, 1.807) is 7.11 Å². The van der Waals surface area contributed by atoms with Crippen molar-refractivity contribution < 1.29 is 4.74 Å². The largest absolute Gasteiger partial charge is 0.372 e. The molecule has 0 aromatic rings. The number of hydrogen-bond donors (Lipinski definition) is 0. The smallest absolute Gasteiger partial charge is 0.107 e. The van der Waals surface area contributed by atoms with Crippen LogP contribution in [0, 0.1) is 11.8 Å². The maximum Gasteiger partial charge on any atom is 0.107 e. The minimum atomic E-state index is 0.493. The average molecular weight is 110 g/mol. The molecule has 0 aromatic carbocycles. The van der Waals surface area contributed by atoms with Gasteiger partial charge in [0.05, 0.1) is 0 Å². The molecule has 0 aliphatic heterocycles. The Balaban J connectivity index is 3.35. The predicted molar refractivity (Wildman–Crippen MR) is 34.5 cm³/mol. The summed E-state index contributed by atoms with van der Waals surface area (Å²) in [6, 6.07) is 0. The second-order valence-electron chi connectivity index (χ2n) is 1.52. The van der Waals surface area contributed by atoms with Crippen molar-refractivity contribution in [1.82, 2.24) is 0 Å². The molecule has 1 nitrogen and oxygen atoms in total. The second-order valence-corrected chi connectivity index (χ2v) is 1.52. The van der Waals surface area contributed by atoms with Crippen molar-refractivity contribution in [3.05, 3.63) is 12.2 Å². The van der Waals surface area contributed by atoms with E-state index in [1.165, 1.54) is 0 Å². The first-order valence-corrected chi connectivity index (χ1v) is 2.40. The summed E-state index contributed by atoms with van der Waals surface area (Å²) in [4.78, 5) is 0. The van der Waals surface area contributed by atoms with Crippen molar-refractivity contribution in [2.75, 3.05) is 13.7 Å². The molecule has 0 aliphatic rings. The normalized spacial score (nSPS) is 7.25. The Morgan fingerprint density at radius 3 is 2.75 bits per heavy atom. The summed E-state index contributed by atoms with van der Waals surface area (Å²) in [6.45, 7) is 5.95. The third-order valence-corrected chi connectivity index (χ3v) is 0.518. The zero-order chi connectivity index (χ0) is 6.41. The van der Waals surface area contributed by atoms with Gasteiger partial charge in [0.25, 0.3) is 0 Å². The van der Waals surface area contributed by atoms with Gasteiger partial charge in [-0.3, -0.25) is 0 Å². The van der Waals surface area contributed by atoms with Crippen molar-refractivity contribution in [3.8, 4) is 11.8 Å². The Morgan fingerprint density at radius 1 is 1.75 bits per heavy atom. The first-order valence-electron chi connectivity index (χ1n) is 2.40. The van der Waals surface area contributed by atoms with Gasteiger partial charge in [0.2, 0.25) is 0 Å². The van der Waals surface area contributed by atoms with Crippen LogP contribution in [0.5, 0.6) is 0 Å². The van der Waals surface area contributed by atoms with E-state index >= 15 is 0 Å². The lowest BCUT2D eigenvalue weighted by atomic mass is 10.4. The Hall–Kier alpha value is -0.740. The highest BCUT2D eigenvalue weighted by atomic mass is 16.5. The Bertz CT molecular complexity index is 125. The summed E-state index contributed by atoms with van der Waals surface area (Å²) in [5, 5.41) is 0. The van der Waals surface area contributed by atoms with Crippen LogP contribution in [0.15, 0.2) is 12.2 Å². The van der Waals surface area contributed by atoms with Crippen LogP contribution < -0.4 is 0 Å². The molecule has 0 bridgehead atoms. The SMILES string of the molecule is C=C(C)C#CCOC. The monoisotopic (exact) mass is 110 g/mol. The lowest BCUT2D eigenvalue weighted by Crippen LogP contribution is -1.80. The molecular formula is C7H10O. The molecule has 0 rings (SSSR count). The van der Waals surface area contributed by atoms with Crippen LogP contribution in [0.4, 0.5) is 0 Å². The van der Waals surface area contributed by atoms with E-state index in [-0.39, 0.29) is 0 Å². The van der Waals surface area contributed by atoms with Crippen LogP contribution in [-0.4, -0.2) is 13.7 Å². The lowest BCUT2D eigenvalue weighted by Gasteiger charge is -1.81. The standard InChI is InChI=1S/C7H10O/c1-7(2)5-4-6-8-3/h1,6H2,2-3H3. The molecule has 0 fully saturated rings. The summed E-state index contributed by atoms with van der Waals surface area (Å²) in [7, 11) is 1.62. The first kappa shape index (κ1) is 7.26. The number of rotatable bonds is 1. The van der Waals surface area contributed by atoms with Crippen molar-refractivity contribution >= 4 is 0 Å². The van der Waals surface area contributed by atoms with E-state index in [4.69, 9.17) is 0 Å². The zero-order valence-corrected chi connectivity index (χ0v) is 5.32. The summed E-state index contributed by atoms with van der Waals surface area (Å²) in [5.41, 5.74) is 0.877. The maximum atomic E-state index is 4.68. The molecule has 0 spiro atoms. The van der Waals surface area contributed by atoms with Gasteiger partial charge in [-0.05, 0) is 12.5 Å².